The summed E-state index contributed by atoms with van der Waals surface area (Å²) in [6, 6.07) is 6.43. The van der Waals surface area contributed by atoms with Gasteiger partial charge in [-0.2, -0.15) is 5.10 Å². The lowest BCUT2D eigenvalue weighted by atomic mass is 10.0. The van der Waals surface area contributed by atoms with Crippen molar-refractivity contribution in [1.82, 2.24) is 30.0 Å². The zero-order chi connectivity index (χ0) is 19.4. The maximum absolute atomic E-state index is 12.4. The molecule has 1 aliphatic carbocycles. The molecule has 1 amide bonds. The smallest absolute Gasteiger partial charge is 0.272 e. The highest BCUT2D eigenvalue weighted by atomic mass is 16.2. The summed E-state index contributed by atoms with van der Waals surface area (Å²) in [5, 5.41) is 11.8. The maximum atomic E-state index is 12.4. The summed E-state index contributed by atoms with van der Waals surface area (Å²) in [5.74, 6) is 0.323. The lowest BCUT2D eigenvalue weighted by molar-refractivity contribution is 0.0947. The van der Waals surface area contributed by atoms with Crippen LogP contribution in [0.2, 0.25) is 0 Å². The second kappa shape index (κ2) is 6.05. The maximum Gasteiger partial charge on any atom is 0.272 e. The van der Waals surface area contributed by atoms with Gasteiger partial charge in [0.25, 0.3) is 5.91 Å². The summed E-state index contributed by atoms with van der Waals surface area (Å²) in [6.45, 7) is 4.20. The average molecular weight is 375 g/mol. The van der Waals surface area contributed by atoms with Crippen molar-refractivity contribution in [3.05, 3.63) is 36.4 Å². The first-order valence-electron chi connectivity index (χ1n) is 9.43. The standard InChI is InChI=1S/C20H21N7O/c1-10(2)27-8-14(16-18(21)22-9-23-19(16)27)11-3-6-13-15(7-11)25-26-17(13)20(28)24-12-4-5-12/h3,6-10,12H,4-5H2,1-2H3,(H,24,28)(H,25,26)(H2,21,22,23). The van der Waals surface area contributed by atoms with E-state index in [0.717, 1.165) is 45.9 Å². The Morgan fingerprint density at radius 1 is 1.32 bits per heavy atom. The molecule has 8 heteroatoms. The molecule has 4 aromatic rings. The van der Waals surface area contributed by atoms with E-state index in [1.54, 1.807) is 0 Å². The van der Waals surface area contributed by atoms with Crippen molar-refractivity contribution in [3.8, 4) is 11.1 Å². The molecule has 0 radical (unpaired) electrons. The Kier molecular flexibility index (Phi) is 3.61. The van der Waals surface area contributed by atoms with Crippen molar-refractivity contribution in [2.24, 2.45) is 0 Å². The molecule has 0 bridgehead atoms. The van der Waals surface area contributed by atoms with E-state index in [4.69, 9.17) is 5.73 Å². The number of H-pyrrole nitrogens is 1. The first-order chi connectivity index (χ1) is 13.5. The third kappa shape index (κ3) is 2.60. The number of nitrogens with one attached hydrogen (secondary N) is 2. The number of amides is 1. The number of hydrogen-bond acceptors (Lipinski definition) is 5. The molecule has 1 fully saturated rings. The molecule has 28 heavy (non-hydrogen) atoms. The number of fused-ring (bicyclic) bond motifs is 2. The number of nitrogens with zero attached hydrogens (tertiary/aromatic N) is 4. The summed E-state index contributed by atoms with van der Waals surface area (Å²) in [6.07, 6.45) is 5.63. The number of nitrogens with two attached hydrogens (primary N) is 1. The number of benzene rings is 1. The van der Waals surface area contributed by atoms with Gasteiger partial charge >= 0.3 is 0 Å². The van der Waals surface area contributed by atoms with Crippen molar-refractivity contribution in [2.75, 3.05) is 5.73 Å². The van der Waals surface area contributed by atoms with Crippen molar-refractivity contribution in [1.29, 1.82) is 0 Å². The fourth-order valence-corrected chi connectivity index (χ4v) is 3.56. The number of hydrogen-bond donors (Lipinski definition) is 3. The molecule has 3 aromatic heterocycles. The predicted octanol–water partition coefficient (Wildman–Crippen LogP) is 3.03. The van der Waals surface area contributed by atoms with Gasteiger partial charge in [0.15, 0.2) is 5.69 Å². The van der Waals surface area contributed by atoms with Crippen LogP contribution in [0.25, 0.3) is 33.1 Å². The van der Waals surface area contributed by atoms with Gasteiger partial charge in [0, 0.05) is 29.2 Å². The SMILES string of the molecule is CC(C)n1cc(-c2ccc3c(C(=O)NC4CC4)n[nH]c3c2)c2c(N)ncnc21. The van der Waals surface area contributed by atoms with Crippen molar-refractivity contribution in [3.63, 3.8) is 0 Å². The molecule has 0 aliphatic heterocycles. The predicted molar refractivity (Wildman–Crippen MR) is 108 cm³/mol. The fraction of sp³-hybridized carbons (Fsp3) is 0.300. The van der Waals surface area contributed by atoms with Gasteiger partial charge in [-0.15, -0.1) is 0 Å². The number of carbonyl (C=O) groups excluding carboxylic acids is 1. The van der Waals surface area contributed by atoms with Crippen LogP contribution in [0.1, 0.15) is 43.2 Å². The lowest BCUT2D eigenvalue weighted by Crippen LogP contribution is -2.25. The first-order valence-corrected chi connectivity index (χ1v) is 9.43. The van der Waals surface area contributed by atoms with E-state index in [9.17, 15) is 4.79 Å². The number of nitrogen functional groups attached to an aromatic ring is 1. The number of anilines is 1. The van der Waals surface area contributed by atoms with Gasteiger partial charge < -0.3 is 15.6 Å². The summed E-state index contributed by atoms with van der Waals surface area (Å²) in [5.41, 5.74) is 10.2. The minimum absolute atomic E-state index is 0.129. The Morgan fingerprint density at radius 2 is 2.14 bits per heavy atom. The van der Waals surface area contributed by atoms with Crippen LogP contribution >= 0.6 is 0 Å². The van der Waals surface area contributed by atoms with Gasteiger partial charge in [-0.25, -0.2) is 9.97 Å². The molecule has 1 aromatic carbocycles. The molecule has 0 atom stereocenters. The highest BCUT2D eigenvalue weighted by Gasteiger charge is 2.26. The molecule has 5 rings (SSSR count). The molecule has 3 heterocycles. The number of aromatic amines is 1. The Balaban J connectivity index is 1.63. The Labute approximate surface area is 161 Å². The molecule has 0 spiro atoms. The lowest BCUT2D eigenvalue weighted by Gasteiger charge is -2.07. The molecule has 0 unspecified atom stereocenters. The van der Waals surface area contributed by atoms with Gasteiger partial charge in [0.05, 0.1) is 10.9 Å². The quantitative estimate of drug-likeness (QED) is 0.507. The largest absolute Gasteiger partial charge is 0.383 e. The Morgan fingerprint density at radius 3 is 2.89 bits per heavy atom. The molecular weight excluding hydrogens is 354 g/mol. The zero-order valence-corrected chi connectivity index (χ0v) is 15.7. The third-order valence-corrected chi connectivity index (χ3v) is 5.20. The van der Waals surface area contributed by atoms with Crippen LogP contribution in [0.5, 0.6) is 0 Å². The summed E-state index contributed by atoms with van der Waals surface area (Å²) in [7, 11) is 0. The monoisotopic (exact) mass is 375 g/mol. The van der Waals surface area contributed by atoms with Crippen molar-refractivity contribution < 1.29 is 4.79 Å². The van der Waals surface area contributed by atoms with Crippen LogP contribution < -0.4 is 11.1 Å². The fourth-order valence-electron chi connectivity index (χ4n) is 3.56. The van der Waals surface area contributed by atoms with Crippen LogP contribution in [-0.4, -0.2) is 36.7 Å². The molecule has 1 saturated carbocycles. The average Bonchev–Trinajstić information content (AvgIpc) is 3.24. The van der Waals surface area contributed by atoms with Gasteiger partial charge in [0.1, 0.15) is 17.8 Å². The van der Waals surface area contributed by atoms with E-state index in [-0.39, 0.29) is 11.9 Å². The minimum Gasteiger partial charge on any atom is -0.383 e. The van der Waals surface area contributed by atoms with Crippen LogP contribution in [0.3, 0.4) is 0 Å². The van der Waals surface area contributed by atoms with E-state index in [1.807, 2.05) is 18.2 Å². The van der Waals surface area contributed by atoms with E-state index in [0.29, 0.717) is 17.6 Å². The molecule has 4 N–H and O–H groups in total. The number of rotatable bonds is 4. The molecule has 0 saturated heterocycles. The van der Waals surface area contributed by atoms with E-state index >= 15 is 0 Å². The van der Waals surface area contributed by atoms with E-state index in [2.05, 4.69) is 50.1 Å². The van der Waals surface area contributed by atoms with Gasteiger partial charge in [0.2, 0.25) is 0 Å². The third-order valence-electron chi connectivity index (χ3n) is 5.20. The Bertz CT molecular complexity index is 1220. The summed E-state index contributed by atoms with van der Waals surface area (Å²) in [4.78, 5) is 21.0. The number of aromatic nitrogens is 5. The topological polar surface area (TPSA) is 115 Å². The van der Waals surface area contributed by atoms with Crippen molar-refractivity contribution in [2.45, 2.75) is 38.8 Å². The van der Waals surface area contributed by atoms with Crippen molar-refractivity contribution >= 4 is 33.7 Å². The van der Waals surface area contributed by atoms with E-state index < -0.39 is 0 Å². The normalized spacial score (nSPS) is 14.2. The van der Waals surface area contributed by atoms with E-state index in [1.165, 1.54) is 6.33 Å². The summed E-state index contributed by atoms with van der Waals surface area (Å²) >= 11 is 0. The van der Waals surface area contributed by atoms with Gasteiger partial charge in [-0.05, 0) is 44.4 Å². The highest BCUT2D eigenvalue weighted by Crippen LogP contribution is 2.35. The molecule has 142 valence electrons. The molecule has 1 aliphatic rings. The van der Waals surface area contributed by atoms with Crippen LogP contribution in [-0.2, 0) is 0 Å². The second-order valence-electron chi connectivity index (χ2n) is 7.58. The molecule has 8 nitrogen and oxygen atoms in total. The molecular formula is C20H21N7O. The number of carbonyl (C=O) groups is 1. The van der Waals surface area contributed by atoms with Gasteiger partial charge in [-0.3, -0.25) is 9.89 Å². The van der Waals surface area contributed by atoms with Crippen LogP contribution in [0.15, 0.2) is 30.7 Å². The van der Waals surface area contributed by atoms with Crippen LogP contribution in [0.4, 0.5) is 5.82 Å². The Hall–Kier alpha value is -3.42. The zero-order valence-electron chi connectivity index (χ0n) is 15.7. The first kappa shape index (κ1) is 16.7. The van der Waals surface area contributed by atoms with Gasteiger partial charge in [-0.1, -0.05) is 6.07 Å². The van der Waals surface area contributed by atoms with Crippen LogP contribution in [0, 0.1) is 0 Å². The summed E-state index contributed by atoms with van der Waals surface area (Å²) < 4.78 is 2.09. The highest BCUT2D eigenvalue weighted by molar-refractivity contribution is 6.07. The second-order valence-corrected chi connectivity index (χ2v) is 7.58. The minimum atomic E-state index is -0.129.